The standard InChI is InChI=1S/C9H16N2O/c1-3-9(12)11-6-5-8(7-11)10-4-2/h3,8,10H,1,4-7H2,2H3. The highest BCUT2D eigenvalue weighted by Gasteiger charge is 2.23. The van der Waals surface area contributed by atoms with Crippen molar-refractivity contribution < 1.29 is 4.79 Å². The Labute approximate surface area is 73.4 Å². The third-order valence-electron chi connectivity index (χ3n) is 2.17. The zero-order chi connectivity index (χ0) is 8.97. The van der Waals surface area contributed by atoms with Crippen molar-refractivity contribution in [1.29, 1.82) is 0 Å². The summed E-state index contributed by atoms with van der Waals surface area (Å²) in [6.07, 6.45) is 2.45. The Morgan fingerprint density at radius 1 is 1.83 bits per heavy atom. The van der Waals surface area contributed by atoms with E-state index in [9.17, 15) is 4.79 Å². The Bertz CT molecular complexity index is 179. The van der Waals surface area contributed by atoms with Gasteiger partial charge in [-0.1, -0.05) is 13.5 Å². The first-order valence-electron chi connectivity index (χ1n) is 4.42. The Morgan fingerprint density at radius 3 is 3.17 bits per heavy atom. The molecule has 1 unspecified atom stereocenters. The maximum atomic E-state index is 11.1. The zero-order valence-corrected chi connectivity index (χ0v) is 7.55. The first-order valence-corrected chi connectivity index (χ1v) is 4.42. The minimum absolute atomic E-state index is 0.0513. The Kier molecular flexibility index (Phi) is 3.29. The summed E-state index contributed by atoms with van der Waals surface area (Å²) in [6, 6.07) is 0.485. The van der Waals surface area contributed by atoms with E-state index in [1.165, 1.54) is 6.08 Å². The summed E-state index contributed by atoms with van der Waals surface area (Å²) in [5, 5.41) is 3.33. The molecule has 1 amide bonds. The molecule has 1 rings (SSSR count). The molecule has 0 aromatic heterocycles. The van der Waals surface area contributed by atoms with Crippen LogP contribution in [0.4, 0.5) is 0 Å². The van der Waals surface area contributed by atoms with Gasteiger partial charge in [-0.15, -0.1) is 0 Å². The molecule has 0 bridgehead atoms. The van der Waals surface area contributed by atoms with E-state index >= 15 is 0 Å². The molecule has 0 aliphatic carbocycles. The maximum Gasteiger partial charge on any atom is 0.246 e. The minimum atomic E-state index is 0.0513. The quantitative estimate of drug-likeness (QED) is 0.618. The zero-order valence-electron chi connectivity index (χ0n) is 7.55. The summed E-state index contributed by atoms with van der Waals surface area (Å²) >= 11 is 0. The van der Waals surface area contributed by atoms with Crippen LogP contribution in [0.1, 0.15) is 13.3 Å². The molecule has 3 nitrogen and oxygen atoms in total. The van der Waals surface area contributed by atoms with Crippen LogP contribution in [0.15, 0.2) is 12.7 Å². The van der Waals surface area contributed by atoms with Crippen LogP contribution in [0, 0.1) is 0 Å². The van der Waals surface area contributed by atoms with Gasteiger partial charge in [-0.3, -0.25) is 4.79 Å². The van der Waals surface area contributed by atoms with Crippen molar-refractivity contribution in [2.75, 3.05) is 19.6 Å². The lowest BCUT2D eigenvalue weighted by molar-refractivity contribution is -0.125. The van der Waals surface area contributed by atoms with Gasteiger partial charge in [-0.05, 0) is 19.0 Å². The third-order valence-corrected chi connectivity index (χ3v) is 2.17. The van der Waals surface area contributed by atoms with Crippen molar-refractivity contribution in [3.8, 4) is 0 Å². The molecular weight excluding hydrogens is 152 g/mol. The van der Waals surface area contributed by atoms with E-state index in [1.807, 2.05) is 4.90 Å². The van der Waals surface area contributed by atoms with Gasteiger partial charge >= 0.3 is 0 Å². The summed E-state index contributed by atoms with van der Waals surface area (Å²) < 4.78 is 0. The summed E-state index contributed by atoms with van der Waals surface area (Å²) in [5.41, 5.74) is 0. The van der Waals surface area contributed by atoms with E-state index in [2.05, 4.69) is 18.8 Å². The summed E-state index contributed by atoms with van der Waals surface area (Å²) in [6.45, 7) is 8.21. The van der Waals surface area contributed by atoms with Gasteiger partial charge in [0.2, 0.25) is 5.91 Å². The van der Waals surface area contributed by atoms with Gasteiger partial charge in [-0.2, -0.15) is 0 Å². The van der Waals surface area contributed by atoms with Crippen molar-refractivity contribution in [1.82, 2.24) is 10.2 Å². The highest BCUT2D eigenvalue weighted by Crippen LogP contribution is 2.08. The molecule has 0 aromatic carbocycles. The highest BCUT2D eigenvalue weighted by atomic mass is 16.2. The summed E-state index contributed by atoms with van der Waals surface area (Å²) in [7, 11) is 0. The van der Waals surface area contributed by atoms with E-state index in [0.29, 0.717) is 6.04 Å². The Hall–Kier alpha value is -0.830. The Balaban J connectivity index is 2.34. The molecule has 12 heavy (non-hydrogen) atoms. The van der Waals surface area contributed by atoms with Crippen LogP contribution in [0.3, 0.4) is 0 Å². The Morgan fingerprint density at radius 2 is 2.58 bits per heavy atom. The van der Waals surface area contributed by atoms with Gasteiger partial charge < -0.3 is 10.2 Å². The van der Waals surface area contributed by atoms with Crippen molar-refractivity contribution in [2.45, 2.75) is 19.4 Å². The molecule has 0 spiro atoms. The van der Waals surface area contributed by atoms with Gasteiger partial charge in [0.15, 0.2) is 0 Å². The van der Waals surface area contributed by atoms with Crippen molar-refractivity contribution in [2.24, 2.45) is 0 Å². The molecule has 1 fully saturated rings. The fourth-order valence-electron chi connectivity index (χ4n) is 1.54. The lowest BCUT2D eigenvalue weighted by Crippen LogP contribution is -2.34. The number of nitrogens with one attached hydrogen (secondary N) is 1. The predicted octanol–water partition coefficient (Wildman–Crippen LogP) is 0.383. The molecule has 0 aromatic rings. The molecule has 68 valence electrons. The molecule has 1 aliphatic rings. The number of amides is 1. The topological polar surface area (TPSA) is 32.3 Å². The summed E-state index contributed by atoms with van der Waals surface area (Å²) in [4.78, 5) is 13.0. The number of likely N-dealkylation sites (tertiary alicyclic amines) is 1. The number of carbonyl (C=O) groups excluding carboxylic acids is 1. The molecule has 1 atom stereocenters. The van der Waals surface area contributed by atoms with Crippen LogP contribution in [-0.4, -0.2) is 36.5 Å². The SMILES string of the molecule is C=CC(=O)N1CCC(NCC)C1. The van der Waals surface area contributed by atoms with Crippen molar-refractivity contribution in [3.05, 3.63) is 12.7 Å². The minimum Gasteiger partial charge on any atom is -0.338 e. The number of likely N-dealkylation sites (N-methyl/N-ethyl adjacent to an activating group) is 1. The van der Waals surface area contributed by atoms with Crippen LogP contribution in [-0.2, 0) is 4.79 Å². The van der Waals surface area contributed by atoms with E-state index in [0.717, 1.165) is 26.1 Å². The van der Waals surface area contributed by atoms with Gasteiger partial charge in [0.25, 0.3) is 0 Å². The molecule has 1 saturated heterocycles. The first-order chi connectivity index (χ1) is 5.77. The van der Waals surface area contributed by atoms with Gasteiger partial charge in [-0.25, -0.2) is 0 Å². The van der Waals surface area contributed by atoms with E-state index in [-0.39, 0.29) is 5.91 Å². The molecule has 1 heterocycles. The van der Waals surface area contributed by atoms with Crippen LogP contribution < -0.4 is 5.32 Å². The van der Waals surface area contributed by atoms with Crippen LogP contribution in [0.2, 0.25) is 0 Å². The van der Waals surface area contributed by atoms with Crippen LogP contribution >= 0.6 is 0 Å². The monoisotopic (exact) mass is 168 g/mol. The lowest BCUT2D eigenvalue weighted by Gasteiger charge is -2.14. The van der Waals surface area contributed by atoms with Crippen molar-refractivity contribution >= 4 is 5.91 Å². The second-order valence-corrected chi connectivity index (χ2v) is 3.03. The van der Waals surface area contributed by atoms with E-state index in [1.54, 1.807) is 0 Å². The largest absolute Gasteiger partial charge is 0.338 e. The second-order valence-electron chi connectivity index (χ2n) is 3.03. The molecule has 3 heteroatoms. The molecule has 0 radical (unpaired) electrons. The van der Waals surface area contributed by atoms with Crippen LogP contribution in [0.5, 0.6) is 0 Å². The summed E-state index contributed by atoms with van der Waals surface area (Å²) in [5.74, 6) is 0.0513. The first kappa shape index (κ1) is 9.26. The molecule has 1 aliphatic heterocycles. The molecule has 0 saturated carbocycles. The number of nitrogens with zero attached hydrogens (tertiary/aromatic N) is 1. The number of rotatable bonds is 3. The fourth-order valence-corrected chi connectivity index (χ4v) is 1.54. The lowest BCUT2D eigenvalue weighted by atomic mass is 10.3. The average molecular weight is 168 g/mol. The van der Waals surface area contributed by atoms with E-state index in [4.69, 9.17) is 0 Å². The normalized spacial score (nSPS) is 22.8. The van der Waals surface area contributed by atoms with Gasteiger partial charge in [0.05, 0.1) is 0 Å². The van der Waals surface area contributed by atoms with Gasteiger partial charge in [0.1, 0.15) is 0 Å². The van der Waals surface area contributed by atoms with E-state index < -0.39 is 0 Å². The highest BCUT2D eigenvalue weighted by molar-refractivity contribution is 5.87. The molecule has 1 N–H and O–H groups in total. The number of hydrogen-bond donors (Lipinski definition) is 1. The average Bonchev–Trinajstić information content (AvgIpc) is 2.52. The van der Waals surface area contributed by atoms with Gasteiger partial charge in [0, 0.05) is 19.1 Å². The fraction of sp³-hybridized carbons (Fsp3) is 0.667. The number of carbonyl (C=O) groups is 1. The maximum absolute atomic E-state index is 11.1. The smallest absolute Gasteiger partial charge is 0.246 e. The predicted molar refractivity (Wildman–Crippen MR) is 48.9 cm³/mol. The number of hydrogen-bond acceptors (Lipinski definition) is 2. The second kappa shape index (κ2) is 4.26. The van der Waals surface area contributed by atoms with Crippen LogP contribution in [0.25, 0.3) is 0 Å². The molecular formula is C9H16N2O. The third kappa shape index (κ3) is 2.08. The van der Waals surface area contributed by atoms with Crippen molar-refractivity contribution in [3.63, 3.8) is 0 Å².